The van der Waals surface area contributed by atoms with Gasteiger partial charge < -0.3 is 14.8 Å². The van der Waals surface area contributed by atoms with Gasteiger partial charge in [0.05, 0.1) is 25.2 Å². The number of non-ortho nitro benzene ring substituents is 1. The first-order valence-electron chi connectivity index (χ1n) is 6.66. The summed E-state index contributed by atoms with van der Waals surface area (Å²) in [5.74, 6) is 0.744. The van der Waals surface area contributed by atoms with Crippen molar-refractivity contribution < 1.29 is 14.4 Å². The first kappa shape index (κ1) is 15.0. The molecule has 8 heteroatoms. The maximum absolute atomic E-state index is 11.3. The Morgan fingerprint density at radius 1 is 1.22 bits per heavy atom. The topological polar surface area (TPSA) is 86.5 Å². The van der Waals surface area contributed by atoms with Crippen molar-refractivity contribution in [2.24, 2.45) is 0 Å². The number of aromatic nitrogens is 1. The summed E-state index contributed by atoms with van der Waals surface area (Å²) >= 11 is 1.27. The molecule has 0 saturated heterocycles. The maximum atomic E-state index is 11.3. The van der Waals surface area contributed by atoms with Crippen LogP contribution < -0.4 is 14.8 Å². The number of nitrogens with one attached hydrogen (secondary N) is 1. The largest absolute Gasteiger partial charge is 0.493 e. The molecule has 0 amide bonds. The van der Waals surface area contributed by atoms with Crippen LogP contribution in [-0.4, -0.2) is 24.1 Å². The zero-order valence-corrected chi connectivity index (χ0v) is 13.2. The summed E-state index contributed by atoms with van der Waals surface area (Å²) in [7, 11) is 2.94. The zero-order chi connectivity index (χ0) is 16.4. The lowest BCUT2D eigenvalue weighted by Gasteiger charge is -2.07. The summed E-state index contributed by atoms with van der Waals surface area (Å²) in [6, 6.07) is 10.8. The molecule has 3 aromatic rings. The number of rotatable bonds is 5. The summed E-state index contributed by atoms with van der Waals surface area (Å²) in [6.45, 7) is 0. The highest BCUT2D eigenvalue weighted by molar-refractivity contribution is 7.22. The number of hydrogen-bond donors (Lipinski definition) is 1. The van der Waals surface area contributed by atoms with E-state index in [1.165, 1.54) is 31.6 Å². The fourth-order valence-electron chi connectivity index (χ4n) is 2.20. The molecule has 0 spiro atoms. The first-order chi connectivity index (χ1) is 11.1. The molecule has 1 aromatic heterocycles. The van der Waals surface area contributed by atoms with E-state index in [-0.39, 0.29) is 11.2 Å². The fourth-order valence-corrected chi connectivity index (χ4v) is 3.22. The van der Waals surface area contributed by atoms with Gasteiger partial charge >= 0.3 is 0 Å². The lowest BCUT2D eigenvalue weighted by molar-refractivity contribution is -0.383. The fraction of sp³-hybridized carbons (Fsp3) is 0.133. The second-order valence-electron chi connectivity index (χ2n) is 4.58. The molecule has 0 aliphatic heterocycles. The Labute approximate surface area is 135 Å². The van der Waals surface area contributed by atoms with Crippen LogP contribution in [0, 0.1) is 10.1 Å². The Balaban J connectivity index is 2.16. The molecule has 0 unspecified atom stereocenters. The number of nitro groups is 1. The molecule has 0 atom stereocenters. The van der Waals surface area contributed by atoms with Crippen LogP contribution in [0.1, 0.15) is 0 Å². The van der Waals surface area contributed by atoms with Crippen molar-refractivity contribution in [3.63, 3.8) is 0 Å². The Morgan fingerprint density at radius 3 is 2.57 bits per heavy atom. The quantitative estimate of drug-likeness (QED) is 0.562. The number of hydrogen-bond acceptors (Lipinski definition) is 7. The molecule has 23 heavy (non-hydrogen) atoms. The number of methoxy groups -OCH3 is 2. The summed E-state index contributed by atoms with van der Waals surface area (Å²) in [6.07, 6.45) is 0. The number of nitrogens with zero attached hydrogens (tertiary/aromatic N) is 2. The van der Waals surface area contributed by atoms with Crippen molar-refractivity contribution >= 4 is 38.1 Å². The number of fused-ring (bicyclic) bond motifs is 1. The lowest BCUT2D eigenvalue weighted by atomic mass is 10.2. The average Bonchev–Trinajstić information content (AvgIpc) is 2.96. The maximum Gasteiger partial charge on any atom is 0.300 e. The minimum absolute atomic E-state index is 0.116. The smallest absolute Gasteiger partial charge is 0.300 e. The summed E-state index contributed by atoms with van der Waals surface area (Å²) in [4.78, 5) is 15.2. The SMILES string of the molecule is COc1cc([N+](=O)[O-])c2nc(Nc3ccccc3)sc2c1OC. The molecular formula is C15H13N3O4S. The van der Waals surface area contributed by atoms with Crippen LogP contribution in [-0.2, 0) is 0 Å². The Kier molecular flexibility index (Phi) is 3.98. The lowest BCUT2D eigenvalue weighted by Crippen LogP contribution is -1.95. The van der Waals surface area contributed by atoms with Crippen molar-refractivity contribution in [1.82, 2.24) is 4.98 Å². The van der Waals surface area contributed by atoms with Crippen LogP contribution in [0.25, 0.3) is 10.2 Å². The molecule has 0 aliphatic rings. The third kappa shape index (κ3) is 2.76. The predicted octanol–water partition coefficient (Wildman–Crippen LogP) is 3.97. The number of nitro benzene ring substituents is 1. The molecule has 0 aliphatic carbocycles. The van der Waals surface area contributed by atoms with Gasteiger partial charge in [0.1, 0.15) is 4.70 Å². The van der Waals surface area contributed by atoms with Gasteiger partial charge in [-0.15, -0.1) is 0 Å². The van der Waals surface area contributed by atoms with Crippen LogP contribution in [0.3, 0.4) is 0 Å². The molecule has 1 N–H and O–H groups in total. The summed E-state index contributed by atoms with van der Waals surface area (Å²) in [5.41, 5.74) is 1.01. The monoisotopic (exact) mass is 331 g/mol. The van der Waals surface area contributed by atoms with E-state index in [9.17, 15) is 10.1 Å². The van der Waals surface area contributed by atoms with Gasteiger partial charge in [0.2, 0.25) is 0 Å². The molecule has 0 bridgehead atoms. The summed E-state index contributed by atoms with van der Waals surface area (Å²) < 4.78 is 11.1. The third-order valence-corrected chi connectivity index (χ3v) is 4.18. The van der Waals surface area contributed by atoms with Gasteiger partial charge in [-0.05, 0) is 12.1 Å². The summed E-state index contributed by atoms with van der Waals surface area (Å²) in [5, 5.41) is 15.0. The highest BCUT2D eigenvalue weighted by atomic mass is 32.1. The minimum atomic E-state index is -0.476. The van der Waals surface area contributed by atoms with Crippen molar-refractivity contribution in [2.45, 2.75) is 0 Å². The van der Waals surface area contributed by atoms with Gasteiger partial charge in [-0.1, -0.05) is 29.5 Å². The zero-order valence-electron chi connectivity index (χ0n) is 12.4. The second-order valence-corrected chi connectivity index (χ2v) is 5.58. The molecule has 2 aromatic carbocycles. The molecule has 3 rings (SSSR count). The number of anilines is 2. The van der Waals surface area contributed by atoms with Gasteiger partial charge in [-0.3, -0.25) is 10.1 Å². The first-order valence-corrected chi connectivity index (χ1v) is 7.47. The van der Waals surface area contributed by atoms with Crippen LogP contribution in [0.4, 0.5) is 16.5 Å². The molecule has 0 radical (unpaired) electrons. The van der Waals surface area contributed by atoms with Crippen molar-refractivity contribution in [3.05, 3.63) is 46.5 Å². The van der Waals surface area contributed by atoms with E-state index in [0.29, 0.717) is 21.3 Å². The van der Waals surface area contributed by atoms with E-state index in [1.54, 1.807) is 0 Å². The number of benzene rings is 2. The van der Waals surface area contributed by atoms with Gasteiger partial charge in [0.25, 0.3) is 5.69 Å². The van der Waals surface area contributed by atoms with Gasteiger partial charge in [-0.2, -0.15) is 0 Å². The van der Waals surface area contributed by atoms with E-state index in [2.05, 4.69) is 10.3 Å². The van der Waals surface area contributed by atoms with Crippen molar-refractivity contribution in [2.75, 3.05) is 19.5 Å². The molecule has 118 valence electrons. The number of ether oxygens (including phenoxy) is 2. The normalized spacial score (nSPS) is 10.5. The molecule has 1 heterocycles. The average molecular weight is 331 g/mol. The van der Waals surface area contributed by atoms with Crippen LogP contribution in [0.15, 0.2) is 36.4 Å². The molecule has 7 nitrogen and oxygen atoms in total. The highest BCUT2D eigenvalue weighted by Crippen LogP contribution is 2.45. The number of thiazole rings is 1. The standard InChI is InChI=1S/C15H13N3O4S/c1-21-11-8-10(18(19)20)12-14(13(11)22-2)23-15(17-12)16-9-6-4-3-5-7-9/h3-8H,1-2H3,(H,16,17). The predicted molar refractivity (Wildman–Crippen MR) is 89.1 cm³/mol. The Morgan fingerprint density at radius 2 is 1.96 bits per heavy atom. The van der Waals surface area contributed by atoms with Crippen molar-refractivity contribution in [1.29, 1.82) is 0 Å². The van der Waals surface area contributed by atoms with Crippen LogP contribution in [0.2, 0.25) is 0 Å². The van der Waals surface area contributed by atoms with Crippen molar-refractivity contribution in [3.8, 4) is 11.5 Å². The van der Waals surface area contributed by atoms with Crippen LogP contribution in [0.5, 0.6) is 11.5 Å². The minimum Gasteiger partial charge on any atom is -0.493 e. The van der Waals surface area contributed by atoms with Gasteiger partial charge in [0, 0.05) is 5.69 Å². The molecule has 0 fully saturated rings. The van der Waals surface area contributed by atoms with Gasteiger partial charge in [0.15, 0.2) is 22.1 Å². The van der Waals surface area contributed by atoms with E-state index >= 15 is 0 Å². The Hall–Kier alpha value is -2.87. The van der Waals surface area contributed by atoms with E-state index in [1.807, 2.05) is 30.3 Å². The molecular weight excluding hydrogens is 318 g/mol. The van der Waals surface area contributed by atoms with E-state index in [0.717, 1.165) is 5.69 Å². The van der Waals surface area contributed by atoms with E-state index in [4.69, 9.17) is 9.47 Å². The number of para-hydroxylation sites is 1. The molecule has 0 saturated carbocycles. The second kappa shape index (κ2) is 6.09. The highest BCUT2D eigenvalue weighted by Gasteiger charge is 2.24. The van der Waals surface area contributed by atoms with Gasteiger partial charge in [-0.25, -0.2) is 4.98 Å². The Bertz CT molecular complexity index is 864. The van der Waals surface area contributed by atoms with Crippen LogP contribution >= 0.6 is 11.3 Å². The third-order valence-electron chi connectivity index (χ3n) is 3.21. The van der Waals surface area contributed by atoms with E-state index < -0.39 is 4.92 Å².